The molecule has 0 aliphatic carbocycles. The largest absolute Gasteiger partial charge is 0.493 e. The maximum absolute atomic E-state index is 13.7. The Bertz CT molecular complexity index is 1050. The second-order valence-electron chi connectivity index (χ2n) is 9.11. The lowest BCUT2D eigenvalue weighted by atomic mass is 10.0. The Morgan fingerprint density at radius 3 is 2.18 bits per heavy atom. The average molecular weight is 448 g/mol. The Labute approximate surface area is 196 Å². The van der Waals surface area contributed by atoms with Crippen molar-refractivity contribution in [3.63, 3.8) is 0 Å². The summed E-state index contributed by atoms with van der Waals surface area (Å²) in [4.78, 5) is 33.2. The monoisotopic (exact) mass is 447 g/mol. The zero-order chi connectivity index (χ0) is 23.5. The number of piperazine rings is 1. The number of rotatable bonds is 7. The van der Waals surface area contributed by atoms with Gasteiger partial charge >= 0.3 is 0 Å². The van der Waals surface area contributed by atoms with Crippen molar-refractivity contribution in [2.24, 2.45) is 5.92 Å². The number of amides is 2. The molecule has 0 unspecified atom stereocenters. The van der Waals surface area contributed by atoms with Crippen LogP contribution in [0.4, 0.5) is 5.69 Å². The lowest BCUT2D eigenvalue weighted by molar-refractivity contribution is -0.120. The molecule has 0 aromatic heterocycles. The van der Waals surface area contributed by atoms with E-state index in [0.29, 0.717) is 29.5 Å². The third-order valence-electron chi connectivity index (χ3n) is 6.28. The number of likely N-dealkylation sites (N-methyl/N-ethyl adjacent to an activating group) is 1. The lowest BCUT2D eigenvalue weighted by Crippen LogP contribution is -2.47. The van der Waals surface area contributed by atoms with Crippen LogP contribution in [0.25, 0.3) is 5.57 Å². The molecule has 2 aliphatic heterocycles. The fourth-order valence-corrected chi connectivity index (χ4v) is 4.37. The zero-order valence-electron chi connectivity index (χ0n) is 20.0. The van der Waals surface area contributed by atoms with Crippen LogP contribution in [-0.4, -0.2) is 60.9 Å². The lowest BCUT2D eigenvalue weighted by Gasteiger charge is -2.36. The molecular formula is C27H33N3O3. The van der Waals surface area contributed by atoms with Crippen molar-refractivity contribution in [3.8, 4) is 5.75 Å². The molecule has 1 saturated heterocycles. The van der Waals surface area contributed by atoms with Crippen LogP contribution in [0.3, 0.4) is 0 Å². The van der Waals surface area contributed by atoms with Crippen molar-refractivity contribution in [2.45, 2.75) is 27.7 Å². The quantitative estimate of drug-likeness (QED) is 0.602. The maximum atomic E-state index is 13.7. The maximum Gasteiger partial charge on any atom is 0.282 e. The Hall–Kier alpha value is -3.12. The molecule has 0 spiro atoms. The van der Waals surface area contributed by atoms with Crippen LogP contribution >= 0.6 is 0 Å². The van der Waals surface area contributed by atoms with Crippen LogP contribution in [0.15, 0.2) is 54.2 Å². The summed E-state index contributed by atoms with van der Waals surface area (Å²) in [5.74, 6) is 0.684. The number of hydrogen-bond acceptors (Lipinski definition) is 5. The van der Waals surface area contributed by atoms with Crippen LogP contribution in [0.1, 0.15) is 31.9 Å². The average Bonchev–Trinajstić information content (AvgIpc) is 3.08. The van der Waals surface area contributed by atoms with Gasteiger partial charge in [-0.05, 0) is 48.7 Å². The van der Waals surface area contributed by atoms with Gasteiger partial charge in [-0.3, -0.25) is 9.59 Å². The van der Waals surface area contributed by atoms with Gasteiger partial charge < -0.3 is 14.5 Å². The number of hydrogen-bond donors (Lipinski definition) is 0. The predicted octanol–water partition coefficient (Wildman–Crippen LogP) is 3.95. The molecule has 2 aliphatic rings. The van der Waals surface area contributed by atoms with E-state index >= 15 is 0 Å². The second kappa shape index (κ2) is 9.79. The number of carbonyl (C=O) groups excluding carboxylic acids is 2. The number of imide groups is 1. The van der Waals surface area contributed by atoms with Crippen molar-refractivity contribution in [1.29, 1.82) is 0 Å². The molecule has 33 heavy (non-hydrogen) atoms. The summed E-state index contributed by atoms with van der Waals surface area (Å²) in [5, 5.41) is 0. The molecule has 2 amide bonds. The number of nitrogens with zero attached hydrogens (tertiary/aromatic N) is 3. The van der Waals surface area contributed by atoms with E-state index in [2.05, 4.69) is 30.6 Å². The summed E-state index contributed by atoms with van der Waals surface area (Å²) in [7, 11) is 0. The molecule has 174 valence electrons. The number of para-hydroxylation sites is 1. The van der Waals surface area contributed by atoms with Crippen molar-refractivity contribution < 1.29 is 14.3 Å². The van der Waals surface area contributed by atoms with Gasteiger partial charge in [-0.2, -0.15) is 0 Å². The normalized spacial score (nSPS) is 17.5. The Balaban J connectivity index is 1.72. The fourth-order valence-electron chi connectivity index (χ4n) is 4.37. The zero-order valence-corrected chi connectivity index (χ0v) is 20.0. The molecule has 2 aromatic rings. The van der Waals surface area contributed by atoms with Gasteiger partial charge in [0, 0.05) is 26.2 Å². The summed E-state index contributed by atoms with van der Waals surface area (Å²) in [6, 6.07) is 15.1. The van der Waals surface area contributed by atoms with Crippen molar-refractivity contribution >= 4 is 23.1 Å². The topological polar surface area (TPSA) is 53.1 Å². The Morgan fingerprint density at radius 1 is 0.909 bits per heavy atom. The van der Waals surface area contributed by atoms with E-state index in [0.717, 1.165) is 49.6 Å². The number of aryl methyl sites for hydroxylation is 1. The van der Waals surface area contributed by atoms with Gasteiger partial charge in [0.15, 0.2) is 0 Å². The summed E-state index contributed by atoms with van der Waals surface area (Å²) >= 11 is 0. The van der Waals surface area contributed by atoms with Gasteiger partial charge in [0.05, 0.1) is 17.9 Å². The SMILES string of the molecule is CCN1CCN(C2=C(c3ccc(OCC(C)C)cc3)C(=O)N(c3ccccc3C)C2=O)CC1. The minimum atomic E-state index is -0.266. The van der Waals surface area contributed by atoms with Gasteiger partial charge in [-0.15, -0.1) is 0 Å². The fraction of sp³-hybridized carbons (Fsp3) is 0.407. The van der Waals surface area contributed by atoms with Crippen molar-refractivity contribution in [2.75, 3.05) is 44.2 Å². The van der Waals surface area contributed by atoms with Crippen molar-refractivity contribution in [3.05, 3.63) is 65.4 Å². The molecule has 0 radical (unpaired) electrons. The molecule has 6 heteroatoms. The number of ether oxygens (including phenoxy) is 1. The molecular weight excluding hydrogens is 414 g/mol. The summed E-state index contributed by atoms with van der Waals surface area (Å²) < 4.78 is 5.81. The molecule has 1 fully saturated rings. The summed E-state index contributed by atoms with van der Waals surface area (Å²) in [6.45, 7) is 13.1. The van der Waals surface area contributed by atoms with E-state index in [1.807, 2.05) is 55.5 Å². The van der Waals surface area contributed by atoms with E-state index in [-0.39, 0.29) is 11.8 Å². The van der Waals surface area contributed by atoms with Crippen LogP contribution in [-0.2, 0) is 9.59 Å². The van der Waals surface area contributed by atoms with Crippen LogP contribution in [0, 0.1) is 12.8 Å². The Kier molecular flexibility index (Phi) is 6.84. The van der Waals surface area contributed by atoms with Crippen LogP contribution in [0.2, 0.25) is 0 Å². The number of anilines is 1. The highest BCUT2D eigenvalue weighted by molar-refractivity contribution is 6.45. The van der Waals surface area contributed by atoms with E-state index in [9.17, 15) is 9.59 Å². The van der Waals surface area contributed by atoms with Gasteiger partial charge in [-0.25, -0.2) is 4.90 Å². The number of benzene rings is 2. The third kappa shape index (κ3) is 4.67. The first-order valence-corrected chi connectivity index (χ1v) is 11.8. The predicted molar refractivity (Wildman–Crippen MR) is 131 cm³/mol. The molecule has 6 nitrogen and oxygen atoms in total. The number of carbonyl (C=O) groups is 2. The first-order chi connectivity index (χ1) is 15.9. The highest BCUT2D eigenvalue weighted by atomic mass is 16.5. The minimum absolute atomic E-state index is 0.241. The van der Waals surface area contributed by atoms with Gasteiger partial charge in [-0.1, -0.05) is 51.1 Å². The molecule has 4 rings (SSSR count). The van der Waals surface area contributed by atoms with E-state index < -0.39 is 0 Å². The smallest absolute Gasteiger partial charge is 0.282 e. The molecule has 0 saturated carbocycles. The highest BCUT2D eigenvalue weighted by Gasteiger charge is 2.43. The Morgan fingerprint density at radius 2 is 1.58 bits per heavy atom. The van der Waals surface area contributed by atoms with E-state index in [4.69, 9.17) is 4.74 Å². The minimum Gasteiger partial charge on any atom is -0.493 e. The third-order valence-corrected chi connectivity index (χ3v) is 6.28. The van der Waals surface area contributed by atoms with E-state index in [1.165, 1.54) is 4.90 Å². The van der Waals surface area contributed by atoms with Crippen molar-refractivity contribution in [1.82, 2.24) is 9.80 Å². The summed E-state index contributed by atoms with van der Waals surface area (Å²) in [5.41, 5.74) is 3.27. The van der Waals surface area contributed by atoms with Crippen LogP contribution < -0.4 is 9.64 Å². The molecule has 0 N–H and O–H groups in total. The van der Waals surface area contributed by atoms with Gasteiger partial charge in [0.1, 0.15) is 11.4 Å². The van der Waals surface area contributed by atoms with E-state index in [1.54, 1.807) is 0 Å². The standard InChI is InChI=1S/C27H33N3O3/c1-5-28-14-16-29(17-15-28)25-24(21-10-12-22(13-11-21)33-18-19(2)3)26(31)30(27(25)32)23-9-7-6-8-20(23)4/h6-13,19H,5,14-18H2,1-4H3. The molecule has 0 atom stereocenters. The van der Waals surface area contributed by atoms with Gasteiger partial charge in [0.2, 0.25) is 0 Å². The molecule has 0 bridgehead atoms. The summed E-state index contributed by atoms with van der Waals surface area (Å²) in [6.07, 6.45) is 0. The van der Waals surface area contributed by atoms with Crippen LogP contribution in [0.5, 0.6) is 5.75 Å². The first-order valence-electron chi connectivity index (χ1n) is 11.8. The first kappa shape index (κ1) is 23.1. The molecule has 2 heterocycles. The highest BCUT2D eigenvalue weighted by Crippen LogP contribution is 2.36. The molecule has 2 aromatic carbocycles. The second-order valence-corrected chi connectivity index (χ2v) is 9.11. The van der Waals surface area contributed by atoms with Gasteiger partial charge in [0.25, 0.3) is 11.8 Å².